The van der Waals surface area contributed by atoms with Gasteiger partial charge in [-0.3, -0.25) is 14.4 Å². The van der Waals surface area contributed by atoms with Crippen molar-refractivity contribution in [3.8, 4) is 17.2 Å². The smallest absolute Gasteiger partial charge is 0.237 e. The maximum Gasteiger partial charge on any atom is 0.237 e. The van der Waals surface area contributed by atoms with Crippen LogP contribution in [-0.2, 0) is 9.59 Å². The number of rotatable bonds is 5. The molecule has 0 saturated heterocycles. The number of carbonyl (C=O) groups is 3. The van der Waals surface area contributed by atoms with Gasteiger partial charge in [0.1, 0.15) is 5.76 Å². The SMILES string of the molecule is CCCC(=O)C=CC1=C(O)c2c(cc(OC)c(O)c2O)C(=O)C1=O. The van der Waals surface area contributed by atoms with Gasteiger partial charge in [0.15, 0.2) is 17.3 Å². The summed E-state index contributed by atoms with van der Waals surface area (Å²) in [5.74, 6) is -4.64. The standard InChI is InChI=1S/C17H16O7/c1-3-4-8(18)5-6-9-13(19)12-10(15(21)14(9)20)7-11(24-2)16(22)17(12)23/h5-7,19,22-23H,3-4H2,1-2H3. The Balaban J connectivity index is 2.64. The van der Waals surface area contributed by atoms with Crippen LogP contribution in [0.1, 0.15) is 35.7 Å². The van der Waals surface area contributed by atoms with Crippen LogP contribution in [0.4, 0.5) is 0 Å². The Bertz CT molecular complexity index is 800. The molecule has 0 spiro atoms. The topological polar surface area (TPSA) is 121 Å². The molecule has 7 nitrogen and oxygen atoms in total. The average Bonchev–Trinajstić information content (AvgIpc) is 2.55. The first kappa shape index (κ1) is 17.3. The molecule has 0 aliphatic heterocycles. The molecular formula is C17H16O7. The zero-order valence-electron chi connectivity index (χ0n) is 13.1. The highest BCUT2D eigenvalue weighted by Gasteiger charge is 2.36. The Morgan fingerprint density at radius 3 is 2.42 bits per heavy atom. The maximum absolute atomic E-state index is 12.2. The number of Topliss-reactive ketones (excluding diaryl/α,β-unsaturated/α-hetero) is 2. The van der Waals surface area contributed by atoms with Crippen molar-refractivity contribution in [2.75, 3.05) is 7.11 Å². The molecule has 0 aromatic heterocycles. The van der Waals surface area contributed by atoms with E-state index in [0.29, 0.717) is 6.42 Å². The Hall–Kier alpha value is -3.09. The molecule has 0 saturated carbocycles. The van der Waals surface area contributed by atoms with E-state index < -0.39 is 34.4 Å². The quantitative estimate of drug-likeness (QED) is 0.428. The first-order valence-electron chi connectivity index (χ1n) is 7.19. The van der Waals surface area contributed by atoms with Crippen molar-refractivity contribution in [2.45, 2.75) is 19.8 Å². The number of benzene rings is 1. The van der Waals surface area contributed by atoms with E-state index in [1.165, 1.54) is 7.11 Å². The Labute approximate surface area is 137 Å². The van der Waals surface area contributed by atoms with E-state index in [1.54, 1.807) is 0 Å². The number of phenolic OH excluding ortho intramolecular Hbond substituents is 2. The van der Waals surface area contributed by atoms with Crippen molar-refractivity contribution in [1.29, 1.82) is 0 Å². The molecule has 0 atom stereocenters. The number of aliphatic hydroxyl groups excluding tert-OH is 1. The normalized spacial score (nSPS) is 14.2. The Kier molecular flexibility index (Phi) is 4.73. The van der Waals surface area contributed by atoms with Crippen LogP contribution in [-0.4, -0.2) is 39.8 Å². The number of aromatic hydroxyl groups is 2. The number of phenols is 2. The van der Waals surface area contributed by atoms with Gasteiger partial charge in [-0.25, -0.2) is 0 Å². The van der Waals surface area contributed by atoms with Crippen LogP contribution < -0.4 is 4.74 Å². The predicted molar refractivity (Wildman–Crippen MR) is 84.3 cm³/mol. The third-order valence-electron chi connectivity index (χ3n) is 3.58. The summed E-state index contributed by atoms with van der Waals surface area (Å²) in [5.41, 5.74) is -1.08. The molecule has 1 aromatic carbocycles. The van der Waals surface area contributed by atoms with E-state index in [2.05, 4.69) is 0 Å². The number of carbonyl (C=O) groups excluding carboxylic acids is 3. The van der Waals surface area contributed by atoms with Crippen molar-refractivity contribution >= 4 is 23.1 Å². The zero-order chi connectivity index (χ0) is 18.0. The van der Waals surface area contributed by atoms with Crippen LogP contribution in [0, 0.1) is 0 Å². The van der Waals surface area contributed by atoms with Gasteiger partial charge in [-0.1, -0.05) is 6.92 Å². The molecule has 1 aliphatic rings. The van der Waals surface area contributed by atoms with Crippen LogP contribution >= 0.6 is 0 Å². The molecule has 1 aliphatic carbocycles. The summed E-state index contributed by atoms with van der Waals surface area (Å²) in [5, 5.41) is 30.1. The van der Waals surface area contributed by atoms with Crippen LogP contribution in [0.3, 0.4) is 0 Å². The molecule has 126 valence electrons. The van der Waals surface area contributed by atoms with E-state index >= 15 is 0 Å². The van der Waals surface area contributed by atoms with E-state index in [1.807, 2.05) is 6.92 Å². The largest absolute Gasteiger partial charge is 0.506 e. The highest BCUT2D eigenvalue weighted by atomic mass is 16.5. The number of ketones is 3. The number of allylic oxidation sites excluding steroid dienone is 3. The molecule has 0 bridgehead atoms. The van der Waals surface area contributed by atoms with Gasteiger partial charge in [-0.15, -0.1) is 0 Å². The minimum atomic E-state index is -1.02. The molecule has 2 rings (SSSR count). The van der Waals surface area contributed by atoms with E-state index in [9.17, 15) is 29.7 Å². The molecule has 3 N–H and O–H groups in total. The molecule has 0 amide bonds. The van der Waals surface area contributed by atoms with Crippen LogP contribution in [0.2, 0.25) is 0 Å². The van der Waals surface area contributed by atoms with Gasteiger partial charge in [-0.2, -0.15) is 0 Å². The first-order chi connectivity index (χ1) is 11.3. The summed E-state index contributed by atoms with van der Waals surface area (Å²) >= 11 is 0. The average molecular weight is 332 g/mol. The molecular weight excluding hydrogens is 316 g/mol. The van der Waals surface area contributed by atoms with Gasteiger partial charge < -0.3 is 20.1 Å². The molecule has 1 aromatic rings. The Morgan fingerprint density at radius 2 is 1.83 bits per heavy atom. The second-order valence-corrected chi connectivity index (χ2v) is 5.17. The fourth-order valence-electron chi connectivity index (χ4n) is 2.36. The number of aliphatic hydroxyl groups is 1. The molecule has 0 unspecified atom stereocenters. The van der Waals surface area contributed by atoms with Crippen molar-refractivity contribution in [3.05, 3.63) is 34.9 Å². The lowest BCUT2D eigenvalue weighted by molar-refractivity contribution is -0.114. The second-order valence-electron chi connectivity index (χ2n) is 5.17. The minimum absolute atomic E-state index is 0.211. The summed E-state index contributed by atoms with van der Waals surface area (Å²) in [7, 11) is 1.21. The third kappa shape index (κ3) is 2.76. The monoisotopic (exact) mass is 332 g/mol. The third-order valence-corrected chi connectivity index (χ3v) is 3.58. The highest BCUT2D eigenvalue weighted by molar-refractivity contribution is 6.53. The van der Waals surface area contributed by atoms with Gasteiger partial charge in [-0.05, 0) is 24.6 Å². The summed E-state index contributed by atoms with van der Waals surface area (Å²) in [4.78, 5) is 35.9. The number of fused-ring (bicyclic) bond motifs is 1. The first-order valence-corrected chi connectivity index (χ1v) is 7.19. The number of methoxy groups -OCH3 is 1. The zero-order valence-corrected chi connectivity index (χ0v) is 13.1. The minimum Gasteiger partial charge on any atom is -0.506 e. The van der Waals surface area contributed by atoms with E-state index in [4.69, 9.17) is 4.74 Å². The second kappa shape index (κ2) is 6.57. The summed E-state index contributed by atoms with van der Waals surface area (Å²) in [6, 6.07) is 1.06. The number of hydrogen-bond donors (Lipinski definition) is 3. The van der Waals surface area contributed by atoms with Crippen LogP contribution in [0.15, 0.2) is 23.8 Å². The highest BCUT2D eigenvalue weighted by Crippen LogP contribution is 2.45. The lowest BCUT2D eigenvalue weighted by atomic mass is 9.87. The van der Waals surface area contributed by atoms with Crippen LogP contribution in [0.5, 0.6) is 17.2 Å². The fraction of sp³-hybridized carbons (Fsp3) is 0.235. The molecule has 0 fully saturated rings. The predicted octanol–water partition coefficient (Wildman–Crippen LogP) is 2.07. The van der Waals surface area contributed by atoms with Gasteiger partial charge in [0.05, 0.1) is 18.2 Å². The summed E-state index contributed by atoms with van der Waals surface area (Å²) in [6.45, 7) is 1.81. The van der Waals surface area contributed by atoms with Crippen molar-refractivity contribution in [2.24, 2.45) is 0 Å². The lowest BCUT2D eigenvalue weighted by Crippen LogP contribution is -2.23. The van der Waals surface area contributed by atoms with Crippen molar-refractivity contribution in [1.82, 2.24) is 0 Å². The van der Waals surface area contributed by atoms with Gasteiger partial charge >= 0.3 is 0 Å². The van der Waals surface area contributed by atoms with E-state index in [-0.39, 0.29) is 29.1 Å². The molecule has 0 radical (unpaired) electrons. The Morgan fingerprint density at radius 1 is 1.17 bits per heavy atom. The molecule has 7 heteroatoms. The van der Waals surface area contributed by atoms with Crippen molar-refractivity contribution in [3.63, 3.8) is 0 Å². The van der Waals surface area contributed by atoms with Gasteiger partial charge in [0, 0.05) is 12.0 Å². The molecule has 24 heavy (non-hydrogen) atoms. The summed E-state index contributed by atoms with van der Waals surface area (Å²) < 4.78 is 4.81. The number of ether oxygens (including phenoxy) is 1. The van der Waals surface area contributed by atoms with Crippen LogP contribution in [0.25, 0.3) is 5.76 Å². The fourth-order valence-corrected chi connectivity index (χ4v) is 2.36. The maximum atomic E-state index is 12.2. The van der Waals surface area contributed by atoms with Crippen molar-refractivity contribution < 1.29 is 34.4 Å². The molecule has 0 heterocycles. The van der Waals surface area contributed by atoms with E-state index in [0.717, 1.165) is 18.2 Å². The summed E-state index contributed by atoms with van der Waals surface area (Å²) in [6.07, 6.45) is 2.99. The van der Waals surface area contributed by atoms with Gasteiger partial charge in [0.2, 0.25) is 17.3 Å². The van der Waals surface area contributed by atoms with Gasteiger partial charge in [0.25, 0.3) is 0 Å². The lowest BCUT2D eigenvalue weighted by Gasteiger charge is -2.19. The number of hydrogen-bond acceptors (Lipinski definition) is 7.